The molecule has 3 aliphatic rings. The van der Waals surface area contributed by atoms with Crippen LogP contribution >= 0.6 is 11.3 Å². The van der Waals surface area contributed by atoms with Crippen LogP contribution < -0.4 is 0 Å². The van der Waals surface area contributed by atoms with Crippen molar-refractivity contribution in [2.24, 2.45) is 0 Å². The first-order chi connectivity index (χ1) is 11.7. The van der Waals surface area contributed by atoms with Crippen LogP contribution in [0.1, 0.15) is 32.6 Å². The van der Waals surface area contributed by atoms with Crippen molar-refractivity contribution in [2.75, 3.05) is 6.61 Å². The summed E-state index contributed by atoms with van der Waals surface area (Å²) in [6, 6.07) is 3.78. The number of fused-ring (bicyclic) bond motifs is 1. The smallest absolute Gasteiger partial charge is 0.297 e. The molecule has 0 radical (unpaired) electrons. The maximum atomic E-state index is 12.7. The molecule has 0 aromatic carbocycles. The predicted octanol–water partition coefficient (Wildman–Crippen LogP) is 2.07. The van der Waals surface area contributed by atoms with Gasteiger partial charge in [0.1, 0.15) is 18.3 Å². The summed E-state index contributed by atoms with van der Waals surface area (Å²) in [6.45, 7) is 7.79. The lowest BCUT2D eigenvalue weighted by molar-refractivity contribution is -0.562. The Labute approximate surface area is 150 Å². The molecule has 0 N–H and O–H groups in total. The SMILES string of the molecule is CC1(C)O[C@@H]2[C@H](O1)[C@H](/[N+]([O-])=C/c1cccs1)O[C@@H]2[C@H]1COC(C)(C)O1. The van der Waals surface area contributed by atoms with Crippen LogP contribution in [0.4, 0.5) is 0 Å². The average Bonchev–Trinajstić information content (AvgIpc) is 3.23. The Bertz CT molecular complexity index is 658. The van der Waals surface area contributed by atoms with Gasteiger partial charge in [0.15, 0.2) is 23.9 Å². The van der Waals surface area contributed by atoms with E-state index in [0.29, 0.717) is 6.61 Å². The highest BCUT2D eigenvalue weighted by Gasteiger charge is 2.62. The van der Waals surface area contributed by atoms with Gasteiger partial charge >= 0.3 is 0 Å². The molecule has 0 aliphatic carbocycles. The molecule has 1 aromatic heterocycles. The molecule has 0 spiro atoms. The Morgan fingerprint density at radius 3 is 2.52 bits per heavy atom. The molecule has 25 heavy (non-hydrogen) atoms. The van der Waals surface area contributed by atoms with Crippen molar-refractivity contribution in [3.63, 3.8) is 0 Å². The van der Waals surface area contributed by atoms with Crippen molar-refractivity contribution < 1.29 is 28.4 Å². The summed E-state index contributed by atoms with van der Waals surface area (Å²) in [5, 5.41) is 14.6. The first-order valence-corrected chi connectivity index (χ1v) is 9.29. The van der Waals surface area contributed by atoms with Gasteiger partial charge in [-0.05, 0) is 39.1 Å². The third-order valence-corrected chi connectivity index (χ3v) is 5.32. The number of thiophene rings is 1. The maximum Gasteiger partial charge on any atom is 0.297 e. The lowest BCUT2D eigenvalue weighted by Crippen LogP contribution is -2.40. The van der Waals surface area contributed by atoms with E-state index in [4.69, 9.17) is 23.7 Å². The Morgan fingerprint density at radius 2 is 1.88 bits per heavy atom. The van der Waals surface area contributed by atoms with Gasteiger partial charge in [0, 0.05) is 0 Å². The zero-order valence-electron chi connectivity index (χ0n) is 14.7. The van der Waals surface area contributed by atoms with Gasteiger partial charge in [-0.15, -0.1) is 11.3 Å². The molecule has 4 heterocycles. The summed E-state index contributed by atoms with van der Waals surface area (Å²) < 4.78 is 30.4. The van der Waals surface area contributed by atoms with E-state index in [2.05, 4.69) is 0 Å². The maximum absolute atomic E-state index is 12.7. The van der Waals surface area contributed by atoms with E-state index < -0.39 is 30.0 Å². The minimum absolute atomic E-state index is 0.305. The van der Waals surface area contributed by atoms with Crippen LogP contribution in [-0.4, -0.2) is 59.8 Å². The minimum Gasteiger partial charge on any atom is -0.622 e. The second-order valence-electron chi connectivity index (χ2n) is 7.43. The largest absolute Gasteiger partial charge is 0.622 e. The van der Waals surface area contributed by atoms with Crippen LogP contribution in [0.5, 0.6) is 0 Å². The molecular weight excluding hydrogens is 346 g/mol. The van der Waals surface area contributed by atoms with Gasteiger partial charge in [0.25, 0.3) is 6.23 Å². The third kappa shape index (κ3) is 3.34. The number of nitrogens with zero attached hydrogens (tertiary/aromatic N) is 1. The molecule has 3 saturated heterocycles. The van der Waals surface area contributed by atoms with Crippen molar-refractivity contribution in [2.45, 2.75) is 69.9 Å². The van der Waals surface area contributed by atoms with Crippen molar-refractivity contribution in [1.82, 2.24) is 0 Å². The second kappa shape index (κ2) is 6.00. The lowest BCUT2D eigenvalue weighted by atomic mass is 10.1. The number of hydrogen-bond acceptors (Lipinski definition) is 7. The van der Waals surface area contributed by atoms with E-state index >= 15 is 0 Å². The third-order valence-electron chi connectivity index (χ3n) is 4.51. The minimum atomic E-state index is -0.786. The van der Waals surface area contributed by atoms with Crippen LogP contribution in [0.2, 0.25) is 0 Å². The summed E-state index contributed by atoms with van der Waals surface area (Å²) in [4.78, 5) is 0.860. The van der Waals surface area contributed by atoms with Crippen LogP contribution in [0.15, 0.2) is 17.5 Å². The standard InChI is InChI=1S/C17H23NO6S/c1-16(2)20-9-11(22-16)12-13-14(24-17(3,4)23-13)15(21-12)18(19)8-10-6-5-7-25-10/h5-8,11-15H,9H2,1-4H3/b18-8-/t11-,12-,13+,14+,15-/m1/s1. The number of hydrogen-bond donors (Lipinski definition) is 0. The zero-order chi connectivity index (χ0) is 17.8. The highest BCUT2D eigenvalue weighted by molar-refractivity contribution is 7.11. The predicted molar refractivity (Wildman–Crippen MR) is 90.5 cm³/mol. The highest BCUT2D eigenvalue weighted by atomic mass is 32.1. The van der Waals surface area contributed by atoms with E-state index in [9.17, 15) is 5.21 Å². The average molecular weight is 369 g/mol. The summed E-state index contributed by atoms with van der Waals surface area (Å²) >= 11 is 1.49. The van der Waals surface area contributed by atoms with Gasteiger partial charge in [-0.2, -0.15) is 4.74 Å². The topological polar surface area (TPSA) is 72.2 Å². The summed E-state index contributed by atoms with van der Waals surface area (Å²) in [7, 11) is 0. The fraction of sp³-hybridized carbons (Fsp3) is 0.706. The molecule has 138 valence electrons. The summed E-state index contributed by atoms with van der Waals surface area (Å²) in [5.41, 5.74) is 0. The molecule has 4 rings (SSSR count). The van der Waals surface area contributed by atoms with Gasteiger partial charge in [0.2, 0.25) is 0 Å². The van der Waals surface area contributed by atoms with Crippen LogP contribution in [0, 0.1) is 5.21 Å². The first-order valence-electron chi connectivity index (χ1n) is 8.41. The lowest BCUT2D eigenvalue weighted by Gasteiger charge is -2.26. The Kier molecular flexibility index (Phi) is 4.18. The van der Waals surface area contributed by atoms with Gasteiger partial charge in [-0.1, -0.05) is 6.07 Å². The van der Waals surface area contributed by atoms with E-state index in [-0.39, 0.29) is 12.2 Å². The number of ether oxygens (including phenoxy) is 5. The monoisotopic (exact) mass is 369 g/mol. The Hall–Kier alpha value is -1.03. The fourth-order valence-electron chi connectivity index (χ4n) is 3.55. The molecule has 0 bridgehead atoms. The van der Waals surface area contributed by atoms with Crippen LogP contribution in [-0.2, 0) is 23.7 Å². The van der Waals surface area contributed by atoms with Crippen molar-refractivity contribution in [1.29, 1.82) is 0 Å². The molecular formula is C17H23NO6S. The normalized spacial score (nSPS) is 39.7. The van der Waals surface area contributed by atoms with Gasteiger partial charge in [0.05, 0.1) is 11.5 Å². The van der Waals surface area contributed by atoms with E-state index in [1.807, 2.05) is 45.2 Å². The molecule has 8 heteroatoms. The Morgan fingerprint density at radius 1 is 1.12 bits per heavy atom. The van der Waals surface area contributed by atoms with Crippen molar-refractivity contribution in [3.05, 3.63) is 27.6 Å². The molecule has 7 nitrogen and oxygen atoms in total. The van der Waals surface area contributed by atoms with Crippen molar-refractivity contribution >= 4 is 17.6 Å². The molecule has 5 atom stereocenters. The summed E-state index contributed by atoms with van der Waals surface area (Å²) in [5.74, 6) is -1.44. The molecule has 0 unspecified atom stereocenters. The van der Waals surface area contributed by atoms with Crippen LogP contribution in [0.3, 0.4) is 0 Å². The fourth-order valence-corrected chi connectivity index (χ4v) is 4.19. The van der Waals surface area contributed by atoms with Gasteiger partial charge in [-0.3, -0.25) is 0 Å². The van der Waals surface area contributed by atoms with E-state index in [1.54, 1.807) is 0 Å². The molecule has 3 fully saturated rings. The Balaban J connectivity index is 1.59. The molecule has 1 aromatic rings. The van der Waals surface area contributed by atoms with E-state index in [1.165, 1.54) is 17.6 Å². The van der Waals surface area contributed by atoms with Gasteiger partial charge in [-0.25, -0.2) is 0 Å². The number of rotatable bonds is 3. The summed E-state index contributed by atoms with van der Waals surface area (Å²) in [6.07, 6.45) is -0.853. The van der Waals surface area contributed by atoms with Gasteiger partial charge < -0.3 is 28.9 Å². The van der Waals surface area contributed by atoms with Crippen molar-refractivity contribution in [3.8, 4) is 0 Å². The molecule has 0 saturated carbocycles. The molecule has 3 aliphatic heterocycles. The van der Waals surface area contributed by atoms with E-state index in [0.717, 1.165) is 9.62 Å². The zero-order valence-corrected chi connectivity index (χ0v) is 15.5. The molecule has 0 amide bonds. The first kappa shape index (κ1) is 17.4. The number of hydroxylamine groups is 1. The quantitative estimate of drug-likeness (QED) is 0.352. The second-order valence-corrected chi connectivity index (χ2v) is 8.41. The van der Waals surface area contributed by atoms with Crippen LogP contribution in [0.25, 0.3) is 0 Å². The highest BCUT2D eigenvalue weighted by Crippen LogP contribution is 2.42.